The Hall–Kier alpha value is -2.08. The third-order valence-electron chi connectivity index (χ3n) is 4.00. The summed E-state index contributed by atoms with van der Waals surface area (Å²) in [4.78, 5) is 21.6. The molecule has 0 aromatic carbocycles. The van der Waals surface area contributed by atoms with Crippen LogP contribution in [0.15, 0.2) is 10.9 Å². The minimum atomic E-state index is -4.72. The third-order valence-corrected chi connectivity index (χ3v) is 4.00. The maximum absolute atomic E-state index is 12.9. The first-order valence-corrected chi connectivity index (χ1v) is 7.24. The number of hydrogen-bond donors (Lipinski definition) is 4. The highest BCUT2D eigenvalue weighted by Gasteiger charge is 2.44. The lowest BCUT2D eigenvalue weighted by Gasteiger charge is -2.15. The van der Waals surface area contributed by atoms with Crippen molar-refractivity contribution in [1.82, 2.24) is 15.0 Å². The van der Waals surface area contributed by atoms with Gasteiger partial charge in [0, 0.05) is 0 Å². The Bertz CT molecular complexity index is 869. The van der Waals surface area contributed by atoms with Crippen molar-refractivity contribution in [3.63, 3.8) is 0 Å². The maximum Gasteiger partial charge on any atom is 0.435 e. The number of H-pyrrole nitrogens is 1. The lowest BCUT2D eigenvalue weighted by atomic mass is 10.0. The second-order valence-corrected chi connectivity index (χ2v) is 5.70. The van der Waals surface area contributed by atoms with Crippen LogP contribution in [0, 0.1) is 6.92 Å². The molecule has 11 heteroatoms. The number of fused-ring (bicyclic) bond motifs is 1. The van der Waals surface area contributed by atoms with Gasteiger partial charge in [-0.15, -0.1) is 0 Å². The van der Waals surface area contributed by atoms with Crippen molar-refractivity contribution in [2.24, 2.45) is 0 Å². The quantitative estimate of drug-likeness (QED) is 0.583. The van der Waals surface area contributed by atoms with Crippen LogP contribution >= 0.6 is 0 Å². The van der Waals surface area contributed by atoms with Gasteiger partial charge in [-0.3, -0.25) is 4.79 Å². The highest BCUT2D eigenvalue weighted by atomic mass is 19.4. The van der Waals surface area contributed by atoms with Crippen LogP contribution in [0.1, 0.15) is 23.1 Å². The molecular weight excluding hydrogens is 347 g/mol. The van der Waals surface area contributed by atoms with E-state index < -0.39 is 48.5 Å². The smallest absolute Gasteiger partial charge is 0.394 e. The van der Waals surface area contributed by atoms with Gasteiger partial charge in [0.1, 0.15) is 29.9 Å². The molecule has 2 aromatic rings. The predicted molar refractivity (Wildman–Crippen MR) is 76.6 cm³/mol. The zero-order valence-corrected chi connectivity index (χ0v) is 12.8. The normalized spacial score (nSPS) is 27.2. The highest BCUT2D eigenvalue weighted by molar-refractivity contribution is 5.70. The van der Waals surface area contributed by atoms with Crippen molar-refractivity contribution in [2.45, 2.75) is 37.5 Å². The molecule has 4 atom stereocenters. The number of hydrogen-bond acceptors (Lipinski definition) is 7. The van der Waals surface area contributed by atoms with Crippen LogP contribution in [-0.4, -0.2) is 55.2 Å². The number of alkyl halides is 3. The van der Waals surface area contributed by atoms with E-state index in [0.717, 1.165) is 13.0 Å². The minimum Gasteiger partial charge on any atom is -0.394 e. The van der Waals surface area contributed by atoms with E-state index in [9.17, 15) is 28.2 Å². The van der Waals surface area contributed by atoms with E-state index in [2.05, 4.69) is 15.0 Å². The molecule has 8 nitrogen and oxygen atoms in total. The largest absolute Gasteiger partial charge is 0.435 e. The molecule has 4 N–H and O–H groups in total. The van der Waals surface area contributed by atoms with Crippen LogP contribution in [-0.2, 0) is 10.9 Å². The van der Waals surface area contributed by atoms with E-state index in [4.69, 9.17) is 9.84 Å². The molecule has 1 aliphatic rings. The van der Waals surface area contributed by atoms with Gasteiger partial charge in [0.15, 0.2) is 11.3 Å². The van der Waals surface area contributed by atoms with Gasteiger partial charge in [-0.25, -0.2) is 9.97 Å². The Morgan fingerprint density at radius 1 is 1.28 bits per heavy atom. The Balaban J connectivity index is 2.10. The molecule has 0 aliphatic carbocycles. The Labute approximate surface area is 137 Å². The first-order valence-electron chi connectivity index (χ1n) is 7.24. The van der Waals surface area contributed by atoms with Crippen LogP contribution < -0.4 is 5.56 Å². The fraction of sp³-hybridized carbons (Fsp3) is 0.500. The van der Waals surface area contributed by atoms with Crippen LogP contribution in [0.4, 0.5) is 13.2 Å². The summed E-state index contributed by atoms with van der Waals surface area (Å²) in [6, 6.07) is 1.15. The number of nitrogens with zero attached hydrogens (tertiary/aromatic N) is 2. The standard InChI is InChI=1S/C14H14F3N3O5/c1-4-11(14(15,16)17)19-12-6(18-4)2-5(13(24)20-12)10-9(23)8(22)7(3-21)25-10/h2,7-10,21-23H,3H2,1H3,(H,19,20,24). The zero-order chi connectivity index (χ0) is 18.5. The monoisotopic (exact) mass is 361 g/mol. The molecular formula is C14H14F3N3O5. The van der Waals surface area contributed by atoms with E-state index in [1.165, 1.54) is 0 Å². The number of halogens is 3. The van der Waals surface area contributed by atoms with Crippen molar-refractivity contribution < 1.29 is 33.2 Å². The second-order valence-electron chi connectivity index (χ2n) is 5.70. The average Bonchev–Trinajstić information content (AvgIpc) is 2.81. The lowest BCUT2D eigenvalue weighted by Crippen LogP contribution is -2.33. The van der Waals surface area contributed by atoms with E-state index >= 15 is 0 Å². The zero-order valence-electron chi connectivity index (χ0n) is 12.8. The molecule has 3 heterocycles. The summed E-state index contributed by atoms with van der Waals surface area (Å²) in [5.74, 6) is 0. The number of aryl methyl sites for hydroxylation is 1. The molecule has 2 aromatic heterocycles. The van der Waals surface area contributed by atoms with Gasteiger partial charge >= 0.3 is 6.18 Å². The van der Waals surface area contributed by atoms with Gasteiger partial charge in [0.05, 0.1) is 17.9 Å². The summed E-state index contributed by atoms with van der Waals surface area (Å²) in [5.41, 5.74) is -2.95. The van der Waals surface area contributed by atoms with Crippen LogP contribution in [0.5, 0.6) is 0 Å². The third kappa shape index (κ3) is 2.99. The van der Waals surface area contributed by atoms with Crippen LogP contribution in [0.2, 0.25) is 0 Å². The number of aliphatic hydroxyl groups is 3. The summed E-state index contributed by atoms with van der Waals surface area (Å²) >= 11 is 0. The fourth-order valence-electron chi connectivity index (χ4n) is 2.76. The molecule has 136 valence electrons. The van der Waals surface area contributed by atoms with Gasteiger partial charge in [-0.05, 0) is 13.0 Å². The molecule has 1 aliphatic heterocycles. The SMILES string of the molecule is Cc1nc2cc(C3OC(CO)C(O)C3O)c(=O)[nH]c2nc1C(F)(F)F. The molecule has 1 fully saturated rings. The Morgan fingerprint density at radius 2 is 1.96 bits per heavy atom. The van der Waals surface area contributed by atoms with Crippen LogP contribution in [0.25, 0.3) is 11.2 Å². The van der Waals surface area contributed by atoms with Crippen LogP contribution in [0.3, 0.4) is 0 Å². The van der Waals surface area contributed by atoms with Gasteiger partial charge < -0.3 is 25.0 Å². The number of nitrogens with one attached hydrogen (secondary N) is 1. The van der Waals surface area contributed by atoms with Gasteiger partial charge in [0.2, 0.25) is 0 Å². The second kappa shape index (κ2) is 6.02. The lowest BCUT2D eigenvalue weighted by molar-refractivity contribution is -0.141. The molecule has 0 bridgehead atoms. The van der Waals surface area contributed by atoms with E-state index in [-0.39, 0.29) is 22.4 Å². The molecule has 0 saturated carbocycles. The number of aromatic amines is 1. The van der Waals surface area contributed by atoms with Gasteiger partial charge in [0.25, 0.3) is 5.56 Å². The molecule has 0 spiro atoms. The minimum absolute atomic E-state index is 0.0298. The molecule has 25 heavy (non-hydrogen) atoms. The van der Waals surface area contributed by atoms with Crippen molar-refractivity contribution in [3.8, 4) is 0 Å². The number of aromatic nitrogens is 3. The highest BCUT2D eigenvalue weighted by Crippen LogP contribution is 2.33. The van der Waals surface area contributed by atoms with Gasteiger partial charge in [-0.1, -0.05) is 0 Å². The first-order chi connectivity index (χ1) is 11.6. The summed E-state index contributed by atoms with van der Waals surface area (Å²) in [6.45, 7) is 0.556. The summed E-state index contributed by atoms with van der Waals surface area (Å²) < 4.78 is 43.9. The van der Waals surface area contributed by atoms with E-state index in [0.29, 0.717) is 0 Å². The Kier molecular flexibility index (Phi) is 4.27. The molecule has 1 saturated heterocycles. The molecule has 0 amide bonds. The average molecular weight is 361 g/mol. The number of rotatable bonds is 2. The fourth-order valence-corrected chi connectivity index (χ4v) is 2.76. The first kappa shape index (κ1) is 17.7. The number of ether oxygens (including phenoxy) is 1. The number of pyridine rings is 1. The molecule has 4 unspecified atom stereocenters. The maximum atomic E-state index is 12.9. The molecule has 0 radical (unpaired) electrons. The van der Waals surface area contributed by atoms with E-state index in [1.54, 1.807) is 0 Å². The van der Waals surface area contributed by atoms with Crippen molar-refractivity contribution in [2.75, 3.05) is 6.61 Å². The van der Waals surface area contributed by atoms with Crippen molar-refractivity contribution >= 4 is 11.2 Å². The Morgan fingerprint density at radius 3 is 2.52 bits per heavy atom. The predicted octanol–water partition coefficient (Wildman–Crippen LogP) is -0.201. The van der Waals surface area contributed by atoms with Gasteiger partial charge in [-0.2, -0.15) is 13.2 Å². The summed E-state index contributed by atoms with van der Waals surface area (Å²) in [6.07, 6.45) is -9.96. The van der Waals surface area contributed by atoms with Crippen molar-refractivity contribution in [3.05, 3.63) is 33.4 Å². The topological polar surface area (TPSA) is 129 Å². The molecule has 3 rings (SSSR count). The van der Waals surface area contributed by atoms with E-state index in [1.807, 2.05) is 0 Å². The van der Waals surface area contributed by atoms with Crippen molar-refractivity contribution in [1.29, 1.82) is 0 Å². The summed E-state index contributed by atoms with van der Waals surface area (Å²) in [5, 5.41) is 28.8. The summed E-state index contributed by atoms with van der Waals surface area (Å²) in [7, 11) is 0. The number of aliphatic hydroxyl groups excluding tert-OH is 3.